The molecular weight excluding hydrogens is 449 g/mol. The summed E-state index contributed by atoms with van der Waals surface area (Å²) in [4.78, 5) is 28.0. The molecule has 0 aliphatic carbocycles. The average Bonchev–Trinajstić information content (AvgIpc) is 2.84. The molecule has 10 heteroatoms. The first-order valence-electron chi connectivity index (χ1n) is 10.4. The highest BCUT2D eigenvalue weighted by molar-refractivity contribution is 8.49. The molecule has 1 saturated heterocycles. The molecule has 2 amide bonds. The molecule has 0 saturated carbocycles. The minimum Gasteiger partial charge on any atom is -0.494 e. The summed E-state index contributed by atoms with van der Waals surface area (Å²) in [6.45, 7) is 3.64. The number of hydrogen-bond acceptors (Lipinski definition) is 6. The predicted octanol–water partition coefficient (Wildman–Crippen LogP) is 1.72. The zero-order valence-electron chi connectivity index (χ0n) is 18.0. The molecular formula is C22H28N3O5PS. The van der Waals surface area contributed by atoms with E-state index in [2.05, 4.69) is 10.3 Å². The maximum Gasteiger partial charge on any atom is 0.252 e. The molecule has 2 aromatic rings. The number of nitrogens with two attached hydrogens (primary N) is 1. The standard InChI is InChI=1S/C22H28N3O5PS/c1-31(32(28)22(21(23)27)9-14-29-15-10-22)19-7-5-18(6-8-19)30-13-3-12-25-20(26)17-4-2-11-24-16-17/h2,4-8,11,16H,3,9-10,12-15H2,1H3,(H2,23,27)(H,25,26). The molecule has 0 bridgehead atoms. The number of pyridine rings is 1. The fraction of sp³-hybridized carbons (Fsp3) is 0.409. The molecule has 2 unspecified atom stereocenters. The monoisotopic (exact) mass is 477 g/mol. The number of carbonyl (C=O) groups is 2. The van der Waals surface area contributed by atoms with E-state index in [0.717, 1.165) is 5.30 Å². The van der Waals surface area contributed by atoms with E-state index in [1.165, 1.54) is 6.20 Å². The van der Waals surface area contributed by atoms with Crippen LogP contribution in [0.15, 0.2) is 48.8 Å². The van der Waals surface area contributed by atoms with E-state index in [0.29, 0.717) is 56.9 Å². The maximum absolute atomic E-state index is 13.3. The minimum atomic E-state index is -1.40. The minimum absolute atomic E-state index is 0.162. The molecule has 8 nitrogen and oxygen atoms in total. The van der Waals surface area contributed by atoms with E-state index in [1.807, 2.05) is 30.9 Å². The molecule has 0 spiro atoms. The molecule has 2 heterocycles. The van der Waals surface area contributed by atoms with Crippen LogP contribution in [0.2, 0.25) is 0 Å². The van der Waals surface area contributed by atoms with Crippen molar-refractivity contribution in [3.05, 3.63) is 54.4 Å². The first-order valence-corrected chi connectivity index (χ1v) is 13.9. The third kappa shape index (κ3) is 5.91. The summed E-state index contributed by atoms with van der Waals surface area (Å²) in [7, 11) is -2.49. The first kappa shape index (κ1) is 24.3. The van der Waals surface area contributed by atoms with Gasteiger partial charge in [-0.15, -0.1) is 0 Å². The van der Waals surface area contributed by atoms with Gasteiger partial charge < -0.3 is 20.5 Å². The van der Waals surface area contributed by atoms with Crippen LogP contribution in [0.1, 0.15) is 29.6 Å². The molecule has 3 rings (SSSR count). The van der Waals surface area contributed by atoms with Gasteiger partial charge in [-0.1, -0.05) is 0 Å². The van der Waals surface area contributed by atoms with Crippen molar-refractivity contribution in [1.29, 1.82) is 0 Å². The van der Waals surface area contributed by atoms with Crippen molar-refractivity contribution < 1.29 is 23.3 Å². The average molecular weight is 478 g/mol. The molecule has 32 heavy (non-hydrogen) atoms. The van der Waals surface area contributed by atoms with E-state index in [-0.39, 0.29) is 5.91 Å². The maximum atomic E-state index is 13.3. The fourth-order valence-electron chi connectivity index (χ4n) is 3.38. The first-order chi connectivity index (χ1) is 15.4. The highest BCUT2D eigenvalue weighted by Gasteiger charge is 2.46. The Labute approximate surface area is 191 Å². The number of rotatable bonds is 10. The Morgan fingerprint density at radius 1 is 1.25 bits per heavy atom. The lowest BCUT2D eigenvalue weighted by Crippen LogP contribution is -2.51. The second-order valence-electron chi connectivity index (χ2n) is 7.41. The van der Waals surface area contributed by atoms with Gasteiger partial charge in [-0.05, 0) is 67.6 Å². The van der Waals surface area contributed by atoms with E-state index >= 15 is 0 Å². The molecule has 0 radical (unpaired) electrons. The van der Waals surface area contributed by atoms with Crippen molar-refractivity contribution in [2.24, 2.45) is 5.73 Å². The van der Waals surface area contributed by atoms with Crippen LogP contribution in [0.3, 0.4) is 0 Å². The second kappa shape index (κ2) is 11.5. The lowest BCUT2D eigenvalue weighted by Gasteiger charge is -2.35. The van der Waals surface area contributed by atoms with Gasteiger partial charge >= 0.3 is 0 Å². The van der Waals surface area contributed by atoms with Gasteiger partial charge in [0.25, 0.3) is 5.91 Å². The normalized spacial score (nSPS) is 17.2. The number of primary amides is 1. The van der Waals surface area contributed by atoms with Crippen LogP contribution in [0.5, 0.6) is 5.75 Å². The number of nitrogens with zero attached hydrogens (tertiary/aromatic N) is 1. The van der Waals surface area contributed by atoms with Gasteiger partial charge in [-0.3, -0.25) is 18.8 Å². The Bertz CT molecular complexity index is 936. The summed E-state index contributed by atoms with van der Waals surface area (Å²) >= 11 is 0. The molecule has 2 atom stereocenters. The molecule has 1 aliphatic rings. The van der Waals surface area contributed by atoms with Gasteiger partial charge in [0, 0.05) is 39.3 Å². The number of benzene rings is 1. The zero-order chi connectivity index (χ0) is 23.0. The van der Waals surface area contributed by atoms with E-state index in [1.54, 1.807) is 18.3 Å². The van der Waals surface area contributed by atoms with Crippen molar-refractivity contribution >= 4 is 34.7 Å². The summed E-state index contributed by atoms with van der Waals surface area (Å²) in [5.41, 5.74) is 6.17. The summed E-state index contributed by atoms with van der Waals surface area (Å²) in [6, 6.07) is 10.9. The fourth-order valence-corrected chi connectivity index (χ4v) is 8.68. The van der Waals surface area contributed by atoms with Gasteiger partial charge in [0.15, 0.2) is 0 Å². The molecule has 172 valence electrons. The van der Waals surface area contributed by atoms with E-state index in [4.69, 9.17) is 15.2 Å². The molecule has 3 N–H and O–H groups in total. The van der Waals surface area contributed by atoms with Crippen LogP contribution in [-0.4, -0.2) is 58.8 Å². The van der Waals surface area contributed by atoms with Gasteiger partial charge in [-0.25, -0.2) is 0 Å². The topological polar surface area (TPSA) is 121 Å². The molecule has 1 aromatic heterocycles. The number of amides is 2. The van der Waals surface area contributed by atoms with Crippen LogP contribution in [0, 0.1) is 0 Å². The van der Waals surface area contributed by atoms with Crippen molar-refractivity contribution in [2.75, 3.05) is 33.0 Å². The van der Waals surface area contributed by atoms with Crippen molar-refractivity contribution in [1.82, 2.24) is 10.3 Å². The highest BCUT2D eigenvalue weighted by atomic mass is 32.7. The van der Waals surface area contributed by atoms with Crippen LogP contribution >= 0.6 is 7.12 Å². The Hall–Kier alpha value is -2.35. The third-order valence-corrected chi connectivity index (χ3v) is 11.3. The van der Waals surface area contributed by atoms with Crippen LogP contribution in [0.25, 0.3) is 0 Å². The largest absolute Gasteiger partial charge is 0.494 e. The van der Waals surface area contributed by atoms with Crippen LogP contribution in [-0.2, 0) is 20.0 Å². The molecule has 1 fully saturated rings. The van der Waals surface area contributed by atoms with Gasteiger partial charge in [-0.2, -0.15) is 0 Å². The van der Waals surface area contributed by atoms with E-state index < -0.39 is 28.2 Å². The number of carbonyl (C=O) groups excluding carboxylic acids is 2. The Kier molecular flexibility index (Phi) is 8.73. The van der Waals surface area contributed by atoms with Crippen LogP contribution < -0.4 is 21.1 Å². The van der Waals surface area contributed by atoms with Crippen molar-refractivity contribution in [2.45, 2.75) is 24.0 Å². The SMILES string of the molecule is CP(c1ccc(OCCCNC(=O)c2cccnc2)cc1)S(=O)C1(C(N)=O)CCOCC1. The summed E-state index contributed by atoms with van der Waals surface area (Å²) in [6.07, 6.45) is 4.58. The predicted molar refractivity (Wildman–Crippen MR) is 126 cm³/mol. The Morgan fingerprint density at radius 3 is 2.59 bits per heavy atom. The number of ether oxygens (including phenoxy) is 2. The number of nitrogens with one attached hydrogen (secondary N) is 1. The van der Waals surface area contributed by atoms with Gasteiger partial charge in [0.2, 0.25) is 5.91 Å². The van der Waals surface area contributed by atoms with E-state index in [9.17, 15) is 13.8 Å². The van der Waals surface area contributed by atoms with Crippen LogP contribution in [0.4, 0.5) is 0 Å². The summed E-state index contributed by atoms with van der Waals surface area (Å²) in [5, 5.41) is 3.75. The molecule has 1 aliphatic heterocycles. The Morgan fingerprint density at radius 2 is 1.97 bits per heavy atom. The van der Waals surface area contributed by atoms with Crippen molar-refractivity contribution in [3.63, 3.8) is 0 Å². The smallest absolute Gasteiger partial charge is 0.252 e. The molecule has 1 aromatic carbocycles. The second-order valence-corrected chi connectivity index (χ2v) is 12.8. The summed E-state index contributed by atoms with van der Waals surface area (Å²) in [5.74, 6) is 0.0197. The quantitative estimate of drug-likeness (QED) is 0.397. The number of hydrogen-bond donors (Lipinski definition) is 2. The number of aromatic nitrogens is 1. The van der Waals surface area contributed by atoms with Gasteiger partial charge in [0.1, 0.15) is 10.5 Å². The zero-order valence-corrected chi connectivity index (χ0v) is 19.7. The third-order valence-electron chi connectivity index (χ3n) is 5.33. The Balaban J connectivity index is 1.47. The highest BCUT2D eigenvalue weighted by Crippen LogP contribution is 2.45. The van der Waals surface area contributed by atoms with Crippen molar-refractivity contribution in [3.8, 4) is 5.75 Å². The summed E-state index contributed by atoms with van der Waals surface area (Å²) < 4.78 is 23.3. The van der Waals surface area contributed by atoms with Gasteiger partial charge in [0.05, 0.1) is 22.6 Å². The lowest BCUT2D eigenvalue weighted by atomic mass is 9.98. The lowest BCUT2D eigenvalue weighted by molar-refractivity contribution is -0.122.